The molecule has 1 N–H and O–H groups in total. The molecule has 0 unspecified atom stereocenters. The minimum absolute atomic E-state index is 0.406. The SMILES string of the molecule is CC(C)NCCc1nc(Cl)cc2c1c(I)nn2C(c1ccccc1)(c1ccccc1)c1ccccc1.CN(C)/C=C/c1nc(Cl)cc2c1c(I)nn2C(c1ccccc1)(c1ccccc1)c1ccccc1. The topological polar surface area (TPSA) is 76.7 Å². The predicted molar refractivity (Wildman–Crippen MR) is 309 cm³/mol. The van der Waals surface area contributed by atoms with E-state index in [0.717, 1.165) is 86.9 Å². The van der Waals surface area contributed by atoms with E-state index < -0.39 is 11.1 Å². The number of rotatable bonds is 14. The van der Waals surface area contributed by atoms with Gasteiger partial charge in [-0.05, 0) is 84.6 Å². The first-order valence-electron chi connectivity index (χ1n) is 23.4. The third-order valence-electron chi connectivity index (χ3n) is 12.5. The number of benzene rings is 6. The van der Waals surface area contributed by atoms with Crippen molar-refractivity contribution in [3.63, 3.8) is 0 Å². The molecule has 356 valence electrons. The molecule has 0 aliphatic carbocycles. The molecule has 0 radical (unpaired) electrons. The highest BCUT2D eigenvalue weighted by Gasteiger charge is 2.43. The first-order valence-corrected chi connectivity index (χ1v) is 26.3. The van der Waals surface area contributed by atoms with Crippen LogP contribution in [0, 0.1) is 7.40 Å². The molecule has 8 nitrogen and oxygen atoms in total. The Balaban J connectivity index is 0.000000176. The van der Waals surface area contributed by atoms with Crippen molar-refractivity contribution in [3.8, 4) is 0 Å². The maximum atomic E-state index is 6.66. The zero-order valence-electron chi connectivity index (χ0n) is 39.8. The second kappa shape index (κ2) is 22.3. The van der Waals surface area contributed by atoms with Crippen LogP contribution < -0.4 is 5.32 Å². The van der Waals surface area contributed by atoms with Gasteiger partial charge in [-0.25, -0.2) is 19.3 Å². The van der Waals surface area contributed by atoms with E-state index in [9.17, 15) is 0 Å². The van der Waals surface area contributed by atoms with Crippen molar-refractivity contribution in [1.29, 1.82) is 0 Å². The normalized spacial score (nSPS) is 11.9. The zero-order chi connectivity index (χ0) is 49.5. The largest absolute Gasteiger partial charge is 0.383 e. The monoisotopic (exact) mass is 1200 g/mol. The first-order chi connectivity index (χ1) is 34.5. The highest BCUT2D eigenvalue weighted by atomic mass is 127. The summed E-state index contributed by atoms with van der Waals surface area (Å²) >= 11 is 17.9. The van der Waals surface area contributed by atoms with Crippen LogP contribution in [0.3, 0.4) is 0 Å². The molecule has 6 aromatic carbocycles. The Bertz CT molecular complexity index is 3190. The Labute approximate surface area is 453 Å². The first kappa shape index (κ1) is 50.1. The van der Waals surface area contributed by atoms with Gasteiger partial charge in [0, 0.05) is 51.4 Å². The highest BCUT2D eigenvalue weighted by molar-refractivity contribution is 14.1. The summed E-state index contributed by atoms with van der Waals surface area (Å²) in [4.78, 5) is 11.4. The summed E-state index contributed by atoms with van der Waals surface area (Å²) in [6, 6.07) is 67.6. The van der Waals surface area contributed by atoms with E-state index in [1.165, 1.54) is 0 Å². The molecule has 10 rings (SSSR count). The Morgan fingerprint density at radius 3 is 1.23 bits per heavy atom. The molecular formula is C59H52Cl2I2N8. The predicted octanol–water partition coefficient (Wildman–Crippen LogP) is 14.1. The molecule has 12 heteroatoms. The molecule has 4 heterocycles. The summed E-state index contributed by atoms with van der Waals surface area (Å²) in [7, 11) is 3.97. The molecular weight excluding hydrogens is 1150 g/mol. The molecule has 71 heavy (non-hydrogen) atoms. The number of pyridine rings is 2. The van der Waals surface area contributed by atoms with Gasteiger partial charge in [-0.3, -0.25) is 0 Å². The van der Waals surface area contributed by atoms with Crippen molar-refractivity contribution in [1.82, 2.24) is 39.7 Å². The van der Waals surface area contributed by atoms with Gasteiger partial charge in [-0.15, -0.1) is 0 Å². The fourth-order valence-corrected chi connectivity index (χ4v) is 11.5. The van der Waals surface area contributed by atoms with Crippen LogP contribution in [0.15, 0.2) is 200 Å². The number of aromatic nitrogens is 6. The van der Waals surface area contributed by atoms with Gasteiger partial charge >= 0.3 is 0 Å². The van der Waals surface area contributed by atoms with E-state index in [1.807, 2.05) is 61.6 Å². The number of fused-ring (bicyclic) bond motifs is 2. The van der Waals surface area contributed by atoms with Crippen LogP contribution in [-0.4, -0.2) is 61.1 Å². The van der Waals surface area contributed by atoms with Gasteiger partial charge in [-0.2, -0.15) is 10.2 Å². The lowest BCUT2D eigenvalue weighted by Gasteiger charge is -2.37. The molecule has 10 aromatic rings. The minimum atomic E-state index is -0.724. The van der Waals surface area contributed by atoms with Crippen LogP contribution in [0.5, 0.6) is 0 Å². The summed E-state index contributed by atoms with van der Waals surface area (Å²) in [5.41, 5.74) is 8.91. The number of hydrogen-bond donors (Lipinski definition) is 1. The van der Waals surface area contributed by atoms with E-state index >= 15 is 0 Å². The zero-order valence-corrected chi connectivity index (χ0v) is 45.6. The van der Waals surface area contributed by atoms with E-state index in [-0.39, 0.29) is 0 Å². The van der Waals surface area contributed by atoms with Crippen molar-refractivity contribution in [2.75, 3.05) is 20.6 Å². The van der Waals surface area contributed by atoms with Gasteiger partial charge in [0.15, 0.2) is 0 Å². The third kappa shape index (κ3) is 10.0. The molecule has 0 amide bonds. The molecule has 0 atom stereocenters. The van der Waals surface area contributed by atoms with E-state index in [2.05, 4.69) is 242 Å². The molecule has 0 saturated heterocycles. The smallest absolute Gasteiger partial charge is 0.138 e. The molecule has 0 aliphatic heterocycles. The summed E-state index contributed by atoms with van der Waals surface area (Å²) in [5, 5.41) is 16.8. The molecule has 0 spiro atoms. The van der Waals surface area contributed by atoms with Crippen LogP contribution in [-0.2, 0) is 17.5 Å². The fourth-order valence-electron chi connectivity index (χ4n) is 9.54. The second-order valence-electron chi connectivity index (χ2n) is 17.7. The molecule has 4 aromatic heterocycles. The Kier molecular flexibility index (Phi) is 15.7. The number of halogens is 4. The second-order valence-corrected chi connectivity index (χ2v) is 20.5. The molecule has 0 saturated carbocycles. The molecule has 0 fully saturated rings. The average molecular weight is 1200 g/mol. The van der Waals surface area contributed by atoms with Crippen molar-refractivity contribution in [3.05, 3.63) is 263 Å². The van der Waals surface area contributed by atoms with E-state index in [4.69, 9.17) is 38.4 Å². The van der Waals surface area contributed by atoms with Crippen molar-refractivity contribution in [2.45, 2.75) is 37.4 Å². The van der Waals surface area contributed by atoms with Crippen LogP contribution in [0.2, 0.25) is 10.3 Å². The van der Waals surface area contributed by atoms with Crippen molar-refractivity contribution >= 4 is 96.3 Å². The Hall–Kier alpha value is -5.90. The molecule has 0 aliphatic rings. The lowest BCUT2D eigenvalue weighted by atomic mass is 9.77. The molecule has 0 bridgehead atoms. The van der Waals surface area contributed by atoms with Crippen molar-refractivity contribution < 1.29 is 0 Å². The summed E-state index contributed by atoms with van der Waals surface area (Å²) in [5.74, 6) is 0. The quantitative estimate of drug-likeness (QED) is 0.0664. The van der Waals surface area contributed by atoms with Crippen LogP contribution in [0.4, 0.5) is 0 Å². The minimum Gasteiger partial charge on any atom is -0.383 e. The summed E-state index contributed by atoms with van der Waals surface area (Å²) in [6.45, 7) is 5.12. The van der Waals surface area contributed by atoms with Gasteiger partial charge in [0.1, 0.15) is 28.8 Å². The van der Waals surface area contributed by atoms with E-state index in [0.29, 0.717) is 16.3 Å². The average Bonchev–Trinajstić information content (AvgIpc) is 3.91. The lowest BCUT2D eigenvalue weighted by molar-refractivity contribution is 0.473. The van der Waals surface area contributed by atoms with Crippen LogP contribution >= 0.6 is 68.4 Å². The van der Waals surface area contributed by atoms with Gasteiger partial charge in [0.25, 0.3) is 0 Å². The van der Waals surface area contributed by atoms with Gasteiger partial charge in [-0.1, -0.05) is 219 Å². The maximum absolute atomic E-state index is 6.66. The van der Waals surface area contributed by atoms with Gasteiger partial charge in [0.05, 0.1) is 33.2 Å². The maximum Gasteiger partial charge on any atom is 0.138 e. The van der Waals surface area contributed by atoms with Crippen LogP contribution in [0.25, 0.3) is 27.9 Å². The summed E-state index contributed by atoms with van der Waals surface area (Å²) in [6.07, 6.45) is 4.73. The summed E-state index contributed by atoms with van der Waals surface area (Å²) < 4.78 is 6.05. The number of nitrogens with zero attached hydrogens (tertiary/aromatic N) is 7. The fraction of sp³-hybridized carbons (Fsp3) is 0.153. The van der Waals surface area contributed by atoms with Crippen molar-refractivity contribution in [2.24, 2.45) is 0 Å². The Morgan fingerprint density at radius 2 is 0.873 bits per heavy atom. The van der Waals surface area contributed by atoms with Crippen LogP contribution in [0.1, 0.15) is 58.6 Å². The Morgan fingerprint density at radius 1 is 0.535 bits per heavy atom. The lowest BCUT2D eigenvalue weighted by Crippen LogP contribution is -2.38. The van der Waals surface area contributed by atoms with Gasteiger partial charge in [0.2, 0.25) is 0 Å². The standard InChI is InChI=1S/C30H28ClIN4.C29H24ClIN4/c1-21(2)33-19-18-25-28-26(20-27(31)34-25)36(35-29(28)32)30(22-12-6-3-7-13-22,23-14-8-4-9-15-23)24-16-10-5-11-17-24;1-34(2)19-18-24-27-25(20-26(30)32-24)35(33-28(27)31)29(21-12-6-3-7-13-21,22-14-8-4-9-15-22)23-16-10-5-11-17-23/h3-17,20-21,33H,18-19H2,1-2H3;3-20H,1-2H3/b;19-18+. The third-order valence-corrected chi connectivity index (χ3v) is 14.4. The van der Waals surface area contributed by atoms with E-state index in [1.54, 1.807) is 0 Å². The number of nitrogens with one attached hydrogen (secondary N) is 1. The number of hydrogen-bond acceptors (Lipinski definition) is 6. The van der Waals surface area contributed by atoms with Gasteiger partial charge < -0.3 is 10.2 Å². The highest BCUT2D eigenvalue weighted by Crippen LogP contribution is 2.45.